The van der Waals surface area contributed by atoms with Crippen molar-refractivity contribution in [2.75, 3.05) is 25.1 Å². The second kappa shape index (κ2) is 9.04. The molecule has 0 spiro atoms. The Balaban J connectivity index is 2.35. The summed E-state index contributed by atoms with van der Waals surface area (Å²) in [6.07, 6.45) is 4.69. The molecule has 6 heteroatoms. The molecule has 5 nitrogen and oxygen atoms in total. The van der Waals surface area contributed by atoms with Gasteiger partial charge in [-0.2, -0.15) is 0 Å². The highest BCUT2D eigenvalue weighted by atomic mass is 35.5. The number of imidazole rings is 1. The molecule has 29 heavy (non-hydrogen) atoms. The molecule has 1 aromatic carbocycles. The third-order valence-electron chi connectivity index (χ3n) is 5.17. The van der Waals surface area contributed by atoms with E-state index in [1.165, 1.54) is 0 Å². The predicted octanol–water partition coefficient (Wildman–Crippen LogP) is 5.86. The van der Waals surface area contributed by atoms with Crippen LogP contribution in [0.3, 0.4) is 0 Å². The Morgan fingerprint density at radius 3 is 2.38 bits per heavy atom. The first kappa shape index (κ1) is 21.4. The van der Waals surface area contributed by atoms with Crippen LogP contribution in [0.25, 0.3) is 16.9 Å². The van der Waals surface area contributed by atoms with Gasteiger partial charge in [-0.15, -0.1) is 0 Å². The number of aromatic nitrogens is 3. The quantitative estimate of drug-likeness (QED) is 0.462. The van der Waals surface area contributed by atoms with Crippen molar-refractivity contribution in [3.63, 3.8) is 0 Å². The van der Waals surface area contributed by atoms with Crippen LogP contribution in [-0.4, -0.2) is 34.6 Å². The molecular formula is C23H31ClN4O. The first-order valence-electron chi connectivity index (χ1n) is 10.4. The van der Waals surface area contributed by atoms with Crippen molar-refractivity contribution in [1.29, 1.82) is 0 Å². The fourth-order valence-electron chi connectivity index (χ4n) is 4.05. The minimum atomic E-state index is 0.576. The van der Waals surface area contributed by atoms with E-state index in [0.717, 1.165) is 77.6 Å². The molecule has 0 radical (unpaired) electrons. The van der Waals surface area contributed by atoms with Gasteiger partial charge in [0.2, 0.25) is 0 Å². The van der Waals surface area contributed by atoms with E-state index in [-0.39, 0.29) is 0 Å². The van der Waals surface area contributed by atoms with Crippen molar-refractivity contribution >= 4 is 23.1 Å². The zero-order valence-electron chi connectivity index (χ0n) is 18.3. The van der Waals surface area contributed by atoms with Crippen molar-refractivity contribution < 1.29 is 4.74 Å². The monoisotopic (exact) mass is 414 g/mol. The van der Waals surface area contributed by atoms with Crippen molar-refractivity contribution in [3.8, 4) is 17.0 Å². The summed E-state index contributed by atoms with van der Waals surface area (Å²) in [4.78, 5) is 12.1. The lowest BCUT2D eigenvalue weighted by Gasteiger charge is -2.24. The molecule has 0 bridgehead atoms. The Hall–Kier alpha value is -2.27. The minimum absolute atomic E-state index is 0.576. The SMILES string of the molecule is CCCN(CCC)c1c(CC)nc2c(-c3c(C)cc(C)cc3OC)ncc(Cl)n12. The Bertz CT molecular complexity index is 1010. The maximum absolute atomic E-state index is 6.68. The number of halogens is 1. The minimum Gasteiger partial charge on any atom is -0.496 e. The predicted molar refractivity (Wildman–Crippen MR) is 122 cm³/mol. The number of benzene rings is 1. The first-order valence-corrected chi connectivity index (χ1v) is 10.8. The van der Waals surface area contributed by atoms with Crippen LogP contribution in [0.4, 0.5) is 5.82 Å². The molecule has 0 N–H and O–H groups in total. The number of hydrogen-bond donors (Lipinski definition) is 0. The van der Waals surface area contributed by atoms with Crippen molar-refractivity contribution in [3.05, 3.63) is 40.3 Å². The number of nitrogens with zero attached hydrogens (tertiary/aromatic N) is 4. The van der Waals surface area contributed by atoms with Crippen LogP contribution in [-0.2, 0) is 6.42 Å². The summed E-state index contributed by atoms with van der Waals surface area (Å²) in [6.45, 7) is 12.6. The van der Waals surface area contributed by atoms with E-state index in [0.29, 0.717) is 5.15 Å². The van der Waals surface area contributed by atoms with Crippen LogP contribution < -0.4 is 9.64 Å². The van der Waals surface area contributed by atoms with Crippen molar-refractivity contribution in [2.24, 2.45) is 0 Å². The van der Waals surface area contributed by atoms with Gasteiger partial charge in [0.25, 0.3) is 0 Å². The summed E-state index contributed by atoms with van der Waals surface area (Å²) < 4.78 is 7.77. The summed E-state index contributed by atoms with van der Waals surface area (Å²) in [5.74, 6) is 1.89. The molecule has 0 aliphatic heterocycles. The van der Waals surface area contributed by atoms with Gasteiger partial charge in [0.05, 0.1) is 19.0 Å². The van der Waals surface area contributed by atoms with Crippen LogP contribution in [0.2, 0.25) is 5.15 Å². The standard InChI is InChI=1S/C23H31ClN4O/c1-7-10-27(11-8-2)23-17(9-3)26-22-21(25-14-19(24)28(22)23)20-16(5)12-15(4)13-18(20)29-6/h12-14H,7-11H2,1-6H3. The second-order valence-corrected chi connectivity index (χ2v) is 7.86. The Kier molecular flexibility index (Phi) is 6.68. The zero-order valence-corrected chi connectivity index (χ0v) is 19.1. The Morgan fingerprint density at radius 1 is 1.10 bits per heavy atom. The fourth-order valence-corrected chi connectivity index (χ4v) is 4.25. The van der Waals surface area contributed by atoms with Gasteiger partial charge in [0.1, 0.15) is 22.4 Å². The lowest BCUT2D eigenvalue weighted by atomic mass is 10.0. The molecule has 2 heterocycles. The molecule has 2 aromatic heterocycles. The molecule has 0 saturated heterocycles. The van der Waals surface area contributed by atoms with E-state index in [2.05, 4.69) is 50.0 Å². The molecule has 3 aromatic rings. The topological polar surface area (TPSA) is 42.7 Å². The normalized spacial score (nSPS) is 11.3. The van der Waals surface area contributed by atoms with E-state index in [1.807, 2.05) is 6.07 Å². The van der Waals surface area contributed by atoms with Crippen LogP contribution in [0.15, 0.2) is 18.3 Å². The summed E-state index contributed by atoms with van der Waals surface area (Å²) in [6, 6.07) is 4.19. The highest BCUT2D eigenvalue weighted by Gasteiger charge is 2.24. The van der Waals surface area contributed by atoms with E-state index in [1.54, 1.807) is 13.3 Å². The number of ether oxygens (including phenoxy) is 1. The number of fused-ring (bicyclic) bond motifs is 1. The van der Waals surface area contributed by atoms with Gasteiger partial charge in [-0.3, -0.25) is 4.40 Å². The maximum Gasteiger partial charge on any atom is 0.166 e. The summed E-state index contributed by atoms with van der Waals surface area (Å²) in [7, 11) is 1.70. The van der Waals surface area contributed by atoms with Gasteiger partial charge in [0.15, 0.2) is 5.65 Å². The number of rotatable bonds is 8. The van der Waals surface area contributed by atoms with Gasteiger partial charge in [-0.05, 0) is 50.3 Å². The number of anilines is 1. The molecule has 0 atom stereocenters. The Morgan fingerprint density at radius 2 is 1.79 bits per heavy atom. The summed E-state index contributed by atoms with van der Waals surface area (Å²) in [5.41, 5.74) is 5.87. The zero-order chi connectivity index (χ0) is 21.1. The van der Waals surface area contributed by atoms with Gasteiger partial charge < -0.3 is 9.64 Å². The number of aryl methyl sites for hydroxylation is 3. The maximum atomic E-state index is 6.68. The molecule has 0 aliphatic carbocycles. The van der Waals surface area contributed by atoms with Crippen molar-refractivity contribution in [2.45, 2.75) is 53.9 Å². The Labute approximate surface area is 178 Å². The van der Waals surface area contributed by atoms with E-state index in [9.17, 15) is 0 Å². The van der Waals surface area contributed by atoms with Crippen LogP contribution in [0.5, 0.6) is 5.75 Å². The van der Waals surface area contributed by atoms with Crippen LogP contribution in [0, 0.1) is 13.8 Å². The van der Waals surface area contributed by atoms with Gasteiger partial charge in [-0.25, -0.2) is 9.97 Å². The molecule has 0 saturated carbocycles. The molecule has 0 aliphatic rings. The molecule has 156 valence electrons. The average Bonchev–Trinajstić information content (AvgIpc) is 3.08. The third kappa shape index (κ3) is 3.93. The summed E-state index contributed by atoms with van der Waals surface area (Å²) in [5, 5.41) is 0.576. The first-order chi connectivity index (χ1) is 14.0. The van der Waals surface area contributed by atoms with Gasteiger partial charge >= 0.3 is 0 Å². The molecule has 0 unspecified atom stereocenters. The lowest BCUT2D eigenvalue weighted by Crippen LogP contribution is -2.27. The fraction of sp³-hybridized carbons (Fsp3) is 0.478. The third-order valence-corrected chi connectivity index (χ3v) is 5.44. The summed E-state index contributed by atoms with van der Waals surface area (Å²) >= 11 is 6.68. The molecule has 0 fully saturated rings. The van der Waals surface area contributed by atoms with Gasteiger partial charge in [-0.1, -0.05) is 38.4 Å². The van der Waals surface area contributed by atoms with E-state index in [4.69, 9.17) is 26.3 Å². The molecule has 0 amide bonds. The highest BCUT2D eigenvalue weighted by Crippen LogP contribution is 2.38. The lowest BCUT2D eigenvalue weighted by molar-refractivity contribution is 0.415. The largest absolute Gasteiger partial charge is 0.496 e. The number of hydrogen-bond acceptors (Lipinski definition) is 4. The smallest absolute Gasteiger partial charge is 0.166 e. The average molecular weight is 415 g/mol. The van der Waals surface area contributed by atoms with E-state index >= 15 is 0 Å². The van der Waals surface area contributed by atoms with E-state index < -0.39 is 0 Å². The van der Waals surface area contributed by atoms with Crippen molar-refractivity contribution in [1.82, 2.24) is 14.4 Å². The molecular weight excluding hydrogens is 384 g/mol. The van der Waals surface area contributed by atoms with Crippen LogP contribution >= 0.6 is 11.6 Å². The second-order valence-electron chi connectivity index (χ2n) is 7.47. The number of methoxy groups -OCH3 is 1. The van der Waals surface area contributed by atoms with Gasteiger partial charge in [0, 0.05) is 18.7 Å². The highest BCUT2D eigenvalue weighted by molar-refractivity contribution is 6.30. The van der Waals surface area contributed by atoms with Crippen LogP contribution in [0.1, 0.15) is 50.4 Å². The molecule has 3 rings (SSSR count).